The fourth-order valence-corrected chi connectivity index (χ4v) is 0.948. The van der Waals surface area contributed by atoms with Gasteiger partial charge < -0.3 is 15.6 Å². The zero-order valence-electron chi connectivity index (χ0n) is 4.74. The minimum Gasteiger partial charge on any atom is -0.506 e. The van der Waals surface area contributed by atoms with Crippen LogP contribution in [0.1, 0.15) is 0 Å². The highest BCUT2D eigenvalue weighted by atomic mass is 16.6. The van der Waals surface area contributed by atoms with Crippen molar-refractivity contribution in [1.29, 1.82) is 0 Å². The Morgan fingerprint density at radius 1 is 1.67 bits per heavy atom. The lowest BCUT2D eigenvalue weighted by atomic mass is 10.1. The molecule has 1 aliphatic heterocycles. The molecular weight excluding hydrogens is 118 g/mol. The topological polar surface area (TPSA) is 58.8 Å². The monoisotopic (exact) mass is 125 g/mol. The molecule has 0 amide bonds. The molecule has 3 N–H and O–H groups in total. The van der Waals surface area contributed by atoms with Crippen molar-refractivity contribution in [2.75, 3.05) is 0 Å². The molecule has 1 heterocycles. The number of allylic oxidation sites excluding steroid dienone is 1. The van der Waals surface area contributed by atoms with E-state index in [0.29, 0.717) is 5.70 Å². The maximum absolute atomic E-state index is 8.96. The van der Waals surface area contributed by atoms with Crippen LogP contribution in [0.5, 0.6) is 0 Å². The molecule has 0 aromatic carbocycles. The molecule has 0 saturated carbocycles. The Bertz CT molecular complexity index is 207. The third-order valence-electron chi connectivity index (χ3n) is 1.57. The van der Waals surface area contributed by atoms with E-state index < -0.39 is 0 Å². The Hall–Kier alpha value is -0.960. The van der Waals surface area contributed by atoms with Crippen LogP contribution >= 0.6 is 0 Å². The van der Waals surface area contributed by atoms with Crippen molar-refractivity contribution in [2.45, 2.75) is 12.2 Å². The highest BCUT2D eigenvalue weighted by molar-refractivity contribution is 5.33. The molecule has 0 spiro atoms. The Morgan fingerprint density at radius 3 is 3.11 bits per heavy atom. The van der Waals surface area contributed by atoms with Gasteiger partial charge in [0.2, 0.25) is 0 Å². The molecule has 2 unspecified atom stereocenters. The number of aliphatic hydroxyl groups excluding tert-OH is 1. The van der Waals surface area contributed by atoms with Gasteiger partial charge in [-0.15, -0.1) is 0 Å². The summed E-state index contributed by atoms with van der Waals surface area (Å²) in [6.07, 6.45) is 3.48. The number of ether oxygens (including phenoxy) is 1. The van der Waals surface area contributed by atoms with Gasteiger partial charge in [0.25, 0.3) is 0 Å². The molecule has 2 rings (SSSR count). The number of hydrogen-bond acceptors (Lipinski definition) is 3. The average molecular weight is 125 g/mol. The maximum atomic E-state index is 8.96. The van der Waals surface area contributed by atoms with Crippen molar-refractivity contribution in [3.63, 3.8) is 0 Å². The molecule has 0 radical (unpaired) electrons. The van der Waals surface area contributed by atoms with Crippen molar-refractivity contribution in [3.05, 3.63) is 23.6 Å². The first-order valence-electron chi connectivity index (χ1n) is 2.81. The molecule has 1 fully saturated rings. The first kappa shape index (κ1) is 4.88. The number of fused-ring (bicyclic) bond motifs is 1. The molecule has 9 heavy (non-hydrogen) atoms. The summed E-state index contributed by atoms with van der Waals surface area (Å²) >= 11 is 0. The molecule has 0 aromatic rings. The van der Waals surface area contributed by atoms with Crippen molar-refractivity contribution >= 4 is 0 Å². The van der Waals surface area contributed by atoms with E-state index in [2.05, 4.69) is 0 Å². The van der Waals surface area contributed by atoms with E-state index in [1.807, 2.05) is 0 Å². The second-order valence-corrected chi connectivity index (χ2v) is 2.22. The smallest absolute Gasteiger partial charge is 0.136 e. The van der Waals surface area contributed by atoms with E-state index in [0.717, 1.165) is 0 Å². The van der Waals surface area contributed by atoms with Crippen LogP contribution in [0.4, 0.5) is 0 Å². The highest BCUT2D eigenvalue weighted by Crippen LogP contribution is 2.32. The van der Waals surface area contributed by atoms with Crippen LogP contribution in [0, 0.1) is 0 Å². The van der Waals surface area contributed by atoms with E-state index in [1.165, 1.54) is 0 Å². The van der Waals surface area contributed by atoms with Crippen LogP contribution in [0.25, 0.3) is 0 Å². The van der Waals surface area contributed by atoms with Crippen LogP contribution in [-0.4, -0.2) is 17.3 Å². The quantitative estimate of drug-likeness (QED) is 0.450. The molecule has 3 heteroatoms. The molecule has 1 aliphatic carbocycles. The predicted octanol–water partition coefficient (Wildman–Crippen LogP) is 0.0519. The van der Waals surface area contributed by atoms with Crippen LogP contribution < -0.4 is 5.73 Å². The minimum atomic E-state index is -0.0324. The van der Waals surface area contributed by atoms with Gasteiger partial charge in [-0.25, -0.2) is 0 Å². The molecule has 2 atom stereocenters. The van der Waals surface area contributed by atoms with Gasteiger partial charge in [-0.05, 0) is 12.2 Å². The van der Waals surface area contributed by atoms with Crippen molar-refractivity contribution in [3.8, 4) is 0 Å². The van der Waals surface area contributed by atoms with Crippen LogP contribution in [0.15, 0.2) is 23.6 Å². The van der Waals surface area contributed by atoms with Gasteiger partial charge >= 0.3 is 0 Å². The Kier molecular flexibility index (Phi) is 0.706. The summed E-state index contributed by atoms with van der Waals surface area (Å²) in [6.45, 7) is 0. The summed E-state index contributed by atoms with van der Waals surface area (Å²) in [5.41, 5.74) is 5.88. The van der Waals surface area contributed by atoms with E-state index in [9.17, 15) is 0 Å². The number of rotatable bonds is 0. The highest BCUT2D eigenvalue weighted by Gasteiger charge is 2.42. The summed E-state index contributed by atoms with van der Waals surface area (Å²) in [5, 5.41) is 8.96. The second kappa shape index (κ2) is 1.30. The minimum absolute atomic E-state index is 0.0324. The van der Waals surface area contributed by atoms with Gasteiger partial charge in [0.1, 0.15) is 18.0 Å². The lowest BCUT2D eigenvalue weighted by molar-refractivity contribution is 0.391. The molecule has 3 nitrogen and oxygen atoms in total. The zero-order chi connectivity index (χ0) is 6.43. The normalized spacial score (nSPS) is 38.7. The van der Waals surface area contributed by atoms with Crippen molar-refractivity contribution in [1.82, 2.24) is 0 Å². The van der Waals surface area contributed by atoms with Crippen LogP contribution in [0.3, 0.4) is 0 Å². The summed E-state index contributed by atoms with van der Waals surface area (Å²) in [7, 11) is 0. The summed E-state index contributed by atoms with van der Waals surface area (Å²) in [6, 6.07) is 0. The van der Waals surface area contributed by atoms with E-state index >= 15 is 0 Å². The van der Waals surface area contributed by atoms with Gasteiger partial charge in [-0.1, -0.05) is 0 Å². The number of epoxide rings is 1. The Labute approximate surface area is 52.4 Å². The third-order valence-corrected chi connectivity index (χ3v) is 1.57. The van der Waals surface area contributed by atoms with Gasteiger partial charge in [-0.2, -0.15) is 0 Å². The first-order chi connectivity index (χ1) is 4.29. The average Bonchev–Trinajstić information content (AvgIpc) is 2.58. The Morgan fingerprint density at radius 2 is 2.44 bits per heavy atom. The van der Waals surface area contributed by atoms with E-state index in [4.69, 9.17) is 15.6 Å². The molecule has 1 saturated heterocycles. The maximum Gasteiger partial charge on any atom is 0.136 e. The fraction of sp³-hybridized carbons (Fsp3) is 0.333. The zero-order valence-corrected chi connectivity index (χ0v) is 4.74. The summed E-state index contributed by atoms with van der Waals surface area (Å²) in [4.78, 5) is 0. The number of aliphatic hydroxyl groups is 1. The van der Waals surface area contributed by atoms with Crippen molar-refractivity contribution < 1.29 is 9.84 Å². The van der Waals surface area contributed by atoms with Gasteiger partial charge in [0.05, 0.1) is 5.70 Å². The molecule has 2 aliphatic rings. The number of nitrogens with two attached hydrogens (primary N) is 1. The second-order valence-electron chi connectivity index (χ2n) is 2.22. The summed E-state index contributed by atoms with van der Waals surface area (Å²) in [5.74, 6) is 0.147. The fourth-order valence-electron chi connectivity index (χ4n) is 0.948. The molecule has 0 bridgehead atoms. The largest absolute Gasteiger partial charge is 0.506 e. The lowest BCUT2D eigenvalue weighted by Gasteiger charge is -2.00. The molecular formula is C6H7NO2. The van der Waals surface area contributed by atoms with E-state index in [1.54, 1.807) is 12.2 Å². The van der Waals surface area contributed by atoms with Gasteiger partial charge in [-0.3, -0.25) is 0 Å². The SMILES string of the molecule is NC1=C(O)C=CC2OC12. The first-order valence-corrected chi connectivity index (χ1v) is 2.81. The van der Waals surface area contributed by atoms with Crippen LogP contribution in [-0.2, 0) is 4.74 Å². The standard InChI is InChI=1S/C6H7NO2/c7-5-3(8)1-2-4-6(5)9-4/h1-2,4,6,8H,7H2. The molecule has 48 valence electrons. The van der Waals surface area contributed by atoms with Gasteiger partial charge in [0.15, 0.2) is 0 Å². The number of hydrogen-bond donors (Lipinski definition) is 2. The van der Waals surface area contributed by atoms with Crippen molar-refractivity contribution in [2.24, 2.45) is 5.73 Å². The van der Waals surface area contributed by atoms with E-state index in [-0.39, 0.29) is 18.0 Å². The third kappa shape index (κ3) is 0.549. The summed E-state index contributed by atoms with van der Waals surface area (Å²) < 4.78 is 5.03. The van der Waals surface area contributed by atoms with Crippen LogP contribution in [0.2, 0.25) is 0 Å². The lowest BCUT2D eigenvalue weighted by Crippen LogP contribution is -2.12. The van der Waals surface area contributed by atoms with Gasteiger partial charge in [0, 0.05) is 0 Å². The Balaban J connectivity index is 2.36. The molecule has 0 aromatic heterocycles. The predicted molar refractivity (Wildman–Crippen MR) is 31.6 cm³/mol.